The molecule has 0 aliphatic carbocycles. The minimum atomic E-state index is 0.553. The van der Waals surface area contributed by atoms with Gasteiger partial charge in [0.25, 0.3) is 0 Å². The highest BCUT2D eigenvalue weighted by Gasteiger charge is 2.07. The molecule has 102 valence electrons. The van der Waals surface area contributed by atoms with E-state index in [0.717, 1.165) is 29.0 Å². The standard InChI is InChI=1S/C15H19BrN2O/c1-4-18-14(8-12(3)17-18)10-19-15-6-5-11(2)7-13(15)9-16/h5-8H,4,9-10H2,1-3H3. The molecule has 0 unspecified atom stereocenters. The summed E-state index contributed by atoms with van der Waals surface area (Å²) in [6.07, 6.45) is 0. The van der Waals surface area contributed by atoms with Crippen molar-refractivity contribution < 1.29 is 4.74 Å². The molecule has 0 bridgehead atoms. The second-order valence-corrected chi connectivity index (χ2v) is 5.19. The maximum Gasteiger partial charge on any atom is 0.130 e. The number of ether oxygens (including phenoxy) is 1. The SMILES string of the molecule is CCn1nc(C)cc1COc1ccc(C)cc1CBr. The van der Waals surface area contributed by atoms with E-state index in [4.69, 9.17) is 4.74 Å². The third-order valence-corrected chi connectivity index (χ3v) is 3.62. The van der Waals surface area contributed by atoms with Gasteiger partial charge in [0.1, 0.15) is 12.4 Å². The van der Waals surface area contributed by atoms with Crippen molar-refractivity contribution in [1.82, 2.24) is 9.78 Å². The summed E-state index contributed by atoms with van der Waals surface area (Å²) >= 11 is 3.50. The second kappa shape index (κ2) is 6.24. The molecule has 19 heavy (non-hydrogen) atoms. The lowest BCUT2D eigenvalue weighted by molar-refractivity contribution is 0.290. The highest BCUT2D eigenvalue weighted by molar-refractivity contribution is 9.08. The van der Waals surface area contributed by atoms with Gasteiger partial charge in [-0.15, -0.1) is 0 Å². The molecule has 0 atom stereocenters. The average molecular weight is 323 g/mol. The molecule has 1 aromatic heterocycles. The summed E-state index contributed by atoms with van der Waals surface area (Å²) in [5.41, 5.74) is 4.57. The Labute approximate surface area is 122 Å². The van der Waals surface area contributed by atoms with Crippen molar-refractivity contribution in [3.05, 3.63) is 46.8 Å². The highest BCUT2D eigenvalue weighted by Crippen LogP contribution is 2.23. The van der Waals surface area contributed by atoms with Crippen molar-refractivity contribution in [2.24, 2.45) is 0 Å². The zero-order valence-electron chi connectivity index (χ0n) is 11.6. The smallest absolute Gasteiger partial charge is 0.130 e. The molecular formula is C15H19BrN2O. The number of nitrogens with zero attached hydrogens (tertiary/aromatic N) is 2. The normalized spacial score (nSPS) is 10.7. The van der Waals surface area contributed by atoms with Gasteiger partial charge in [0.05, 0.1) is 11.4 Å². The fraction of sp³-hybridized carbons (Fsp3) is 0.400. The van der Waals surface area contributed by atoms with Crippen molar-refractivity contribution in [2.75, 3.05) is 0 Å². The lowest BCUT2D eigenvalue weighted by Crippen LogP contribution is -2.06. The summed E-state index contributed by atoms with van der Waals surface area (Å²) in [6.45, 7) is 7.60. The molecule has 0 amide bonds. The Morgan fingerprint density at radius 3 is 2.74 bits per heavy atom. The van der Waals surface area contributed by atoms with Crippen molar-refractivity contribution in [1.29, 1.82) is 0 Å². The predicted molar refractivity (Wildman–Crippen MR) is 80.8 cm³/mol. The van der Waals surface area contributed by atoms with E-state index in [0.29, 0.717) is 6.61 Å². The Balaban J connectivity index is 2.14. The summed E-state index contributed by atoms with van der Waals surface area (Å²) in [5, 5.41) is 5.23. The molecule has 0 saturated carbocycles. The molecule has 0 radical (unpaired) electrons. The molecule has 0 fully saturated rings. The fourth-order valence-corrected chi connectivity index (χ4v) is 2.53. The molecule has 0 aliphatic heterocycles. The van der Waals surface area contributed by atoms with Crippen LogP contribution in [0.25, 0.3) is 0 Å². The number of aryl methyl sites for hydroxylation is 3. The highest BCUT2D eigenvalue weighted by atomic mass is 79.9. The summed E-state index contributed by atoms with van der Waals surface area (Å²) in [5.74, 6) is 0.934. The van der Waals surface area contributed by atoms with Crippen LogP contribution in [0.15, 0.2) is 24.3 Å². The first-order valence-electron chi connectivity index (χ1n) is 6.45. The zero-order valence-corrected chi connectivity index (χ0v) is 13.2. The van der Waals surface area contributed by atoms with Crippen LogP contribution in [0.5, 0.6) is 5.75 Å². The Kier molecular flexibility index (Phi) is 4.64. The minimum Gasteiger partial charge on any atom is -0.487 e. The third-order valence-electron chi connectivity index (χ3n) is 3.02. The van der Waals surface area contributed by atoms with Crippen LogP contribution in [-0.2, 0) is 18.5 Å². The van der Waals surface area contributed by atoms with Gasteiger partial charge in [-0.05, 0) is 32.9 Å². The summed E-state index contributed by atoms with van der Waals surface area (Å²) in [6, 6.07) is 8.33. The minimum absolute atomic E-state index is 0.553. The predicted octanol–water partition coefficient (Wildman–Crippen LogP) is 3.99. The van der Waals surface area contributed by atoms with Gasteiger partial charge in [-0.2, -0.15) is 5.10 Å². The van der Waals surface area contributed by atoms with Crippen LogP contribution >= 0.6 is 15.9 Å². The molecule has 2 rings (SSSR count). The summed E-state index contributed by atoms with van der Waals surface area (Å²) in [7, 11) is 0. The van der Waals surface area contributed by atoms with Gasteiger partial charge in [-0.1, -0.05) is 33.6 Å². The first-order valence-corrected chi connectivity index (χ1v) is 7.57. The van der Waals surface area contributed by atoms with Gasteiger partial charge in [-0.25, -0.2) is 0 Å². The van der Waals surface area contributed by atoms with Crippen molar-refractivity contribution >= 4 is 15.9 Å². The van der Waals surface area contributed by atoms with Crippen molar-refractivity contribution in [3.63, 3.8) is 0 Å². The third kappa shape index (κ3) is 3.38. The van der Waals surface area contributed by atoms with E-state index in [1.807, 2.05) is 17.7 Å². The lowest BCUT2D eigenvalue weighted by Gasteiger charge is -2.11. The van der Waals surface area contributed by atoms with E-state index >= 15 is 0 Å². The monoisotopic (exact) mass is 322 g/mol. The number of benzene rings is 1. The molecule has 1 aromatic carbocycles. The molecule has 2 aromatic rings. The zero-order chi connectivity index (χ0) is 13.8. The van der Waals surface area contributed by atoms with Crippen LogP contribution in [0.1, 0.15) is 29.4 Å². The van der Waals surface area contributed by atoms with Crippen LogP contribution in [0.4, 0.5) is 0 Å². The van der Waals surface area contributed by atoms with E-state index in [9.17, 15) is 0 Å². The second-order valence-electron chi connectivity index (χ2n) is 4.63. The fourth-order valence-electron chi connectivity index (χ4n) is 2.09. The van der Waals surface area contributed by atoms with E-state index in [1.165, 1.54) is 11.1 Å². The topological polar surface area (TPSA) is 27.1 Å². The Bertz CT molecular complexity index is 563. The molecule has 1 heterocycles. The molecular weight excluding hydrogens is 304 g/mol. The van der Waals surface area contributed by atoms with Crippen LogP contribution < -0.4 is 4.74 Å². The van der Waals surface area contributed by atoms with E-state index in [-0.39, 0.29) is 0 Å². The van der Waals surface area contributed by atoms with Crippen LogP contribution in [0, 0.1) is 13.8 Å². The van der Waals surface area contributed by atoms with Gasteiger partial charge in [0.15, 0.2) is 0 Å². The molecule has 0 aliphatic rings. The number of rotatable bonds is 5. The molecule has 0 N–H and O–H groups in total. The van der Waals surface area contributed by atoms with Crippen LogP contribution in [-0.4, -0.2) is 9.78 Å². The van der Waals surface area contributed by atoms with Gasteiger partial charge >= 0.3 is 0 Å². The van der Waals surface area contributed by atoms with Gasteiger partial charge < -0.3 is 4.74 Å². The van der Waals surface area contributed by atoms with Crippen LogP contribution in [0.3, 0.4) is 0 Å². The quantitative estimate of drug-likeness (QED) is 0.778. The lowest BCUT2D eigenvalue weighted by atomic mass is 10.1. The van der Waals surface area contributed by atoms with Gasteiger partial charge in [0.2, 0.25) is 0 Å². The average Bonchev–Trinajstić information content (AvgIpc) is 2.77. The van der Waals surface area contributed by atoms with Gasteiger partial charge in [-0.3, -0.25) is 4.68 Å². The van der Waals surface area contributed by atoms with Crippen molar-refractivity contribution in [2.45, 2.75) is 39.3 Å². The number of alkyl halides is 1. The molecule has 0 spiro atoms. The van der Waals surface area contributed by atoms with E-state index < -0.39 is 0 Å². The maximum absolute atomic E-state index is 5.93. The van der Waals surface area contributed by atoms with E-state index in [2.05, 4.69) is 53.1 Å². The maximum atomic E-state index is 5.93. The molecule has 3 nitrogen and oxygen atoms in total. The first kappa shape index (κ1) is 14.1. The molecule has 4 heteroatoms. The van der Waals surface area contributed by atoms with Crippen LogP contribution in [0.2, 0.25) is 0 Å². The largest absolute Gasteiger partial charge is 0.487 e. The van der Waals surface area contributed by atoms with Gasteiger partial charge in [0, 0.05) is 17.4 Å². The summed E-state index contributed by atoms with van der Waals surface area (Å²) < 4.78 is 7.92. The Morgan fingerprint density at radius 2 is 2.05 bits per heavy atom. The van der Waals surface area contributed by atoms with Crippen molar-refractivity contribution in [3.8, 4) is 5.75 Å². The molecule has 0 saturated heterocycles. The Hall–Kier alpha value is -1.29. The Morgan fingerprint density at radius 1 is 1.26 bits per heavy atom. The number of hydrogen-bond acceptors (Lipinski definition) is 2. The van der Waals surface area contributed by atoms with E-state index in [1.54, 1.807) is 0 Å². The summed E-state index contributed by atoms with van der Waals surface area (Å²) in [4.78, 5) is 0. The number of halogens is 1. The first-order chi connectivity index (χ1) is 9.13. The number of aromatic nitrogens is 2. The number of hydrogen-bond donors (Lipinski definition) is 0.